The molecule has 0 bridgehead atoms. The molecule has 0 saturated heterocycles. The van der Waals surface area contributed by atoms with E-state index in [2.05, 4.69) is 0 Å². The fraction of sp³-hybridized carbons (Fsp3) is 0.500. The fourth-order valence-electron chi connectivity index (χ4n) is 2.12. The molecule has 88 valence electrons. The van der Waals surface area contributed by atoms with Crippen molar-refractivity contribution in [3.8, 4) is 0 Å². The molecule has 0 heterocycles. The smallest absolute Gasteiger partial charge is 0.328 e. The monoisotopic (exact) mass is 229 g/mol. The summed E-state index contributed by atoms with van der Waals surface area (Å²) < 4.78 is 37.4. The summed E-state index contributed by atoms with van der Waals surface area (Å²) in [5.74, 6) is 0.547. The zero-order chi connectivity index (χ0) is 11.9. The molecule has 4 heteroatoms. The SMILES string of the molecule is C[C@H](N)[C@@H]1C[C@@H]1c1cccc(C(F)(F)F)c1. The van der Waals surface area contributed by atoms with Crippen LogP contribution in [-0.2, 0) is 6.18 Å². The van der Waals surface area contributed by atoms with Crippen LogP contribution in [0.1, 0.15) is 30.4 Å². The zero-order valence-corrected chi connectivity index (χ0v) is 8.96. The minimum atomic E-state index is -4.26. The van der Waals surface area contributed by atoms with Crippen molar-refractivity contribution >= 4 is 0 Å². The van der Waals surface area contributed by atoms with Gasteiger partial charge in [-0.2, -0.15) is 13.2 Å². The molecule has 2 N–H and O–H groups in total. The van der Waals surface area contributed by atoms with Crippen LogP contribution < -0.4 is 5.73 Å². The molecule has 0 aliphatic heterocycles. The van der Waals surface area contributed by atoms with Crippen molar-refractivity contribution in [1.29, 1.82) is 0 Å². The number of nitrogens with two attached hydrogens (primary N) is 1. The minimum absolute atomic E-state index is 0.0551. The minimum Gasteiger partial charge on any atom is -0.328 e. The predicted molar refractivity (Wildman–Crippen MR) is 55.9 cm³/mol. The topological polar surface area (TPSA) is 26.0 Å². The van der Waals surface area contributed by atoms with Gasteiger partial charge in [-0.25, -0.2) is 0 Å². The lowest BCUT2D eigenvalue weighted by Gasteiger charge is -2.09. The van der Waals surface area contributed by atoms with E-state index in [4.69, 9.17) is 5.73 Å². The molecule has 0 radical (unpaired) electrons. The summed E-state index contributed by atoms with van der Waals surface area (Å²) in [4.78, 5) is 0. The third-order valence-corrected chi connectivity index (χ3v) is 3.16. The molecule has 1 aliphatic carbocycles. The van der Waals surface area contributed by atoms with Crippen LogP contribution in [0.5, 0.6) is 0 Å². The third kappa shape index (κ3) is 2.21. The average Bonchev–Trinajstić information content (AvgIpc) is 2.96. The average molecular weight is 229 g/mol. The van der Waals surface area contributed by atoms with Gasteiger partial charge in [-0.05, 0) is 36.8 Å². The first kappa shape index (κ1) is 11.5. The predicted octanol–water partition coefficient (Wildman–Crippen LogP) is 3.16. The van der Waals surface area contributed by atoms with Gasteiger partial charge in [-0.1, -0.05) is 18.2 Å². The van der Waals surface area contributed by atoms with Gasteiger partial charge in [0.25, 0.3) is 0 Å². The number of halogens is 3. The van der Waals surface area contributed by atoms with Gasteiger partial charge < -0.3 is 5.73 Å². The molecule has 1 nitrogen and oxygen atoms in total. The molecule has 0 spiro atoms. The highest BCUT2D eigenvalue weighted by atomic mass is 19.4. The lowest BCUT2D eigenvalue weighted by molar-refractivity contribution is -0.137. The molecule has 1 aromatic carbocycles. The Hall–Kier alpha value is -1.03. The summed E-state index contributed by atoms with van der Waals surface area (Å²) in [7, 11) is 0. The summed E-state index contributed by atoms with van der Waals surface area (Å²) in [5, 5.41) is 0. The van der Waals surface area contributed by atoms with Crippen LogP contribution in [0.2, 0.25) is 0 Å². The molecular formula is C12H14F3N. The molecule has 2 rings (SSSR count). The van der Waals surface area contributed by atoms with Crippen molar-refractivity contribution < 1.29 is 13.2 Å². The van der Waals surface area contributed by atoms with E-state index in [0.29, 0.717) is 5.92 Å². The van der Waals surface area contributed by atoms with E-state index in [1.54, 1.807) is 6.07 Å². The van der Waals surface area contributed by atoms with Crippen molar-refractivity contribution in [2.24, 2.45) is 11.7 Å². The maximum Gasteiger partial charge on any atom is 0.416 e. The molecule has 3 atom stereocenters. The van der Waals surface area contributed by atoms with E-state index in [1.807, 2.05) is 6.92 Å². The van der Waals surface area contributed by atoms with E-state index in [1.165, 1.54) is 12.1 Å². The maximum absolute atomic E-state index is 12.5. The first-order valence-corrected chi connectivity index (χ1v) is 5.32. The Kier molecular flexibility index (Phi) is 2.70. The molecule has 1 aliphatic rings. The highest BCUT2D eigenvalue weighted by Gasteiger charge is 2.41. The Morgan fingerprint density at radius 3 is 2.56 bits per heavy atom. The second-order valence-electron chi connectivity index (χ2n) is 4.49. The Labute approximate surface area is 92.5 Å². The second-order valence-corrected chi connectivity index (χ2v) is 4.49. The summed E-state index contributed by atoms with van der Waals surface area (Å²) >= 11 is 0. The quantitative estimate of drug-likeness (QED) is 0.828. The van der Waals surface area contributed by atoms with Gasteiger partial charge in [-0.3, -0.25) is 0 Å². The van der Waals surface area contributed by atoms with E-state index in [0.717, 1.165) is 18.1 Å². The van der Waals surface area contributed by atoms with Gasteiger partial charge in [0.1, 0.15) is 0 Å². The summed E-state index contributed by atoms with van der Waals surface area (Å²) in [6.07, 6.45) is -3.35. The Bertz CT molecular complexity index is 384. The number of alkyl halides is 3. The van der Waals surface area contributed by atoms with Gasteiger partial charge in [0.15, 0.2) is 0 Å². The van der Waals surface area contributed by atoms with E-state index in [9.17, 15) is 13.2 Å². The van der Waals surface area contributed by atoms with Crippen LogP contribution >= 0.6 is 0 Å². The summed E-state index contributed by atoms with van der Waals surface area (Å²) in [6, 6.07) is 5.62. The highest BCUT2D eigenvalue weighted by Crippen LogP contribution is 2.49. The Morgan fingerprint density at radius 1 is 1.38 bits per heavy atom. The lowest BCUT2D eigenvalue weighted by atomic mass is 10.0. The largest absolute Gasteiger partial charge is 0.416 e. The second kappa shape index (κ2) is 3.77. The summed E-state index contributed by atoms with van der Waals surface area (Å²) in [6.45, 7) is 1.90. The van der Waals surface area contributed by atoms with Crippen molar-refractivity contribution in [1.82, 2.24) is 0 Å². The van der Waals surface area contributed by atoms with Crippen molar-refractivity contribution in [3.63, 3.8) is 0 Å². The Balaban J connectivity index is 2.19. The lowest BCUT2D eigenvalue weighted by Crippen LogP contribution is -2.18. The third-order valence-electron chi connectivity index (χ3n) is 3.16. The standard InChI is InChI=1S/C12H14F3N/c1-7(16)10-6-11(10)8-3-2-4-9(5-8)12(13,14)15/h2-5,7,10-11H,6,16H2,1H3/t7-,10-,11+/m0/s1. The van der Waals surface area contributed by atoms with Crippen LogP contribution in [0.25, 0.3) is 0 Å². The molecule has 1 saturated carbocycles. The highest BCUT2D eigenvalue weighted by molar-refractivity contribution is 5.32. The van der Waals surface area contributed by atoms with Crippen LogP contribution in [0.15, 0.2) is 24.3 Å². The molecule has 1 fully saturated rings. The zero-order valence-electron chi connectivity index (χ0n) is 8.96. The molecule has 16 heavy (non-hydrogen) atoms. The van der Waals surface area contributed by atoms with Crippen LogP contribution in [0, 0.1) is 5.92 Å². The Morgan fingerprint density at radius 2 is 2.06 bits per heavy atom. The van der Waals surface area contributed by atoms with Crippen LogP contribution in [0.3, 0.4) is 0 Å². The molecule has 0 amide bonds. The van der Waals surface area contributed by atoms with E-state index < -0.39 is 11.7 Å². The number of benzene rings is 1. The van der Waals surface area contributed by atoms with Crippen molar-refractivity contribution in [3.05, 3.63) is 35.4 Å². The first-order valence-electron chi connectivity index (χ1n) is 5.32. The van der Waals surface area contributed by atoms with Gasteiger partial charge in [0.2, 0.25) is 0 Å². The molecular weight excluding hydrogens is 215 g/mol. The van der Waals surface area contributed by atoms with E-state index >= 15 is 0 Å². The van der Waals surface area contributed by atoms with Crippen LogP contribution in [0.4, 0.5) is 13.2 Å². The first-order chi connectivity index (χ1) is 7.39. The van der Waals surface area contributed by atoms with Gasteiger partial charge in [0.05, 0.1) is 5.56 Å². The van der Waals surface area contributed by atoms with Crippen LogP contribution in [-0.4, -0.2) is 6.04 Å². The molecule has 0 aromatic heterocycles. The van der Waals surface area contributed by atoms with Gasteiger partial charge >= 0.3 is 6.18 Å². The van der Waals surface area contributed by atoms with E-state index in [-0.39, 0.29) is 12.0 Å². The van der Waals surface area contributed by atoms with Gasteiger partial charge in [-0.15, -0.1) is 0 Å². The van der Waals surface area contributed by atoms with Crippen molar-refractivity contribution in [2.75, 3.05) is 0 Å². The number of rotatable bonds is 2. The van der Waals surface area contributed by atoms with Gasteiger partial charge in [0, 0.05) is 6.04 Å². The fourth-order valence-corrected chi connectivity index (χ4v) is 2.12. The molecule has 1 aromatic rings. The summed E-state index contributed by atoms with van der Waals surface area (Å²) in [5.41, 5.74) is 5.92. The number of hydrogen-bond acceptors (Lipinski definition) is 1. The normalized spacial score (nSPS) is 26.6. The molecule has 0 unspecified atom stereocenters. The maximum atomic E-state index is 12.5. The number of hydrogen-bond donors (Lipinski definition) is 1. The van der Waals surface area contributed by atoms with Crippen molar-refractivity contribution in [2.45, 2.75) is 31.5 Å².